The molecule has 0 spiro atoms. The monoisotopic (exact) mass is 144 g/mol. The molecule has 0 aliphatic carbocycles. The van der Waals surface area contributed by atoms with E-state index in [-0.39, 0.29) is 0 Å². The van der Waals surface area contributed by atoms with Crippen LogP contribution in [0.25, 0.3) is 0 Å². The molecule has 0 saturated carbocycles. The normalized spacial score (nSPS) is 8.64. The van der Waals surface area contributed by atoms with Crippen molar-refractivity contribution in [2.75, 3.05) is 0 Å². The second kappa shape index (κ2) is 3.52. The zero-order valence-corrected chi connectivity index (χ0v) is 6.12. The predicted molar refractivity (Wildman–Crippen MR) is 42.9 cm³/mol. The van der Waals surface area contributed by atoms with E-state index in [0.717, 1.165) is 5.56 Å². The van der Waals surface area contributed by atoms with Crippen LogP contribution in [0.15, 0.2) is 31.0 Å². The summed E-state index contributed by atoms with van der Waals surface area (Å²) in [5, 5.41) is 8.60. The molecule has 1 rings (SSSR count). The van der Waals surface area contributed by atoms with Gasteiger partial charge in [0.1, 0.15) is 11.8 Å². The number of nitrogens with zero attached hydrogens (tertiary/aromatic N) is 2. The zero-order valence-electron chi connectivity index (χ0n) is 6.12. The van der Waals surface area contributed by atoms with Crippen molar-refractivity contribution >= 4 is 0 Å². The van der Waals surface area contributed by atoms with Crippen LogP contribution >= 0.6 is 0 Å². The molecule has 2 heteroatoms. The third kappa shape index (κ3) is 1.65. The molecule has 0 aromatic carbocycles. The van der Waals surface area contributed by atoms with Crippen LogP contribution in [-0.2, 0) is 6.42 Å². The summed E-state index contributed by atoms with van der Waals surface area (Å²) in [6.07, 6.45) is 4.08. The molecule has 0 radical (unpaired) electrons. The third-order valence-electron chi connectivity index (χ3n) is 1.36. The Balaban J connectivity index is 3.04. The largest absolute Gasteiger partial charge is 0.245 e. The van der Waals surface area contributed by atoms with Crippen LogP contribution in [-0.4, -0.2) is 4.98 Å². The molecule has 54 valence electrons. The van der Waals surface area contributed by atoms with Gasteiger partial charge < -0.3 is 0 Å². The van der Waals surface area contributed by atoms with Crippen molar-refractivity contribution in [2.45, 2.75) is 6.42 Å². The molecular formula is C9H8N2. The zero-order chi connectivity index (χ0) is 8.10. The fraction of sp³-hybridized carbons (Fsp3) is 0.111. The number of hydrogen-bond donors (Lipinski definition) is 0. The van der Waals surface area contributed by atoms with E-state index in [0.29, 0.717) is 12.1 Å². The van der Waals surface area contributed by atoms with Gasteiger partial charge in [0.15, 0.2) is 0 Å². The molecule has 1 heterocycles. The Morgan fingerprint density at radius 1 is 1.73 bits per heavy atom. The van der Waals surface area contributed by atoms with Gasteiger partial charge in [-0.3, -0.25) is 0 Å². The molecule has 0 aliphatic rings. The smallest absolute Gasteiger partial charge is 0.143 e. The summed E-state index contributed by atoms with van der Waals surface area (Å²) in [6, 6.07) is 5.72. The van der Waals surface area contributed by atoms with Crippen LogP contribution in [0.1, 0.15) is 11.3 Å². The molecule has 1 aromatic rings. The van der Waals surface area contributed by atoms with Crippen molar-refractivity contribution in [3.05, 3.63) is 42.2 Å². The Kier molecular flexibility index (Phi) is 2.40. The maximum absolute atomic E-state index is 8.60. The Morgan fingerprint density at radius 3 is 3.18 bits per heavy atom. The lowest BCUT2D eigenvalue weighted by molar-refractivity contribution is 1.15. The first-order valence-corrected chi connectivity index (χ1v) is 3.33. The van der Waals surface area contributed by atoms with Crippen molar-refractivity contribution < 1.29 is 0 Å². The summed E-state index contributed by atoms with van der Waals surface area (Å²) in [5.74, 6) is 0. The highest BCUT2D eigenvalue weighted by molar-refractivity contribution is 5.31. The molecular weight excluding hydrogens is 136 g/mol. The van der Waals surface area contributed by atoms with E-state index in [1.807, 2.05) is 18.2 Å². The van der Waals surface area contributed by atoms with Crippen LogP contribution in [0.4, 0.5) is 0 Å². The molecule has 2 nitrogen and oxygen atoms in total. The number of allylic oxidation sites excluding steroid dienone is 1. The first kappa shape index (κ1) is 7.49. The molecule has 0 aliphatic heterocycles. The summed E-state index contributed by atoms with van der Waals surface area (Å²) in [6.45, 7) is 3.59. The van der Waals surface area contributed by atoms with Crippen molar-refractivity contribution in [1.82, 2.24) is 4.98 Å². The second-order valence-electron chi connectivity index (χ2n) is 2.12. The number of pyridine rings is 1. The Labute approximate surface area is 65.8 Å². The summed E-state index contributed by atoms with van der Waals surface area (Å²) >= 11 is 0. The lowest BCUT2D eigenvalue weighted by Gasteiger charge is -1.95. The molecule has 0 fully saturated rings. The highest BCUT2D eigenvalue weighted by Gasteiger charge is 1.97. The maximum Gasteiger partial charge on any atom is 0.143 e. The highest BCUT2D eigenvalue weighted by atomic mass is 14.7. The van der Waals surface area contributed by atoms with Crippen LogP contribution in [0, 0.1) is 11.3 Å². The van der Waals surface area contributed by atoms with E-state index in [4.69, 9.17) is 5.26 Å². The van der Waals surface area contributed by atoms with Crippen molar-refractivity contribution in [2.24, 2.45) is 0 Å². The molecule has 0 atom stereocenters. The second-order valence-corrected chi connectivity index (χ2v) is 2.12. The van der Waals surface area contributed by atoms with Gasteiger partial charge in [0.2, 0.25) is 0 Å². The van der Waals surface area contributed by atoms with Crippen molar-refractivity contribution in [1.29, 1.82) is 5.26 Å². The van der Waals surface area contributed by atoms with Crippen LogP contribution in [0.3, 0.4) is 0 Å². The van der Waals surface area contributed by atoms with E-state index in [1.165, 1.54) is 0 Å². The van der Waals surface area contributed by atoms with Crippen molar-refractivity contribution in [3.63, 3.8) is 0 Å². The van der Waals surface area contributed by atoms with Gasteiger partial charge in [-0.15, -0.1) is 6.58 Å². The Bertz CT molecular complexity index is 297. The van der Waals surface area contributed by atoms with Gasteiger partial charge in [0, 0.05) is 6.20 Å². The van der Waals surface area contributed by atoms with Crippen LogP contribution in [0.2, 0.25) is 0 Å². The fourth-order valence-corrected chi connectivity index (χ4v) is 0.859. The quantitative estimate of drug-likeness (QED) is 0.592. The molecule has 1 aromatic heterocycles. The van der Waals surface area contributed by atoms with Gasteiger partial charge in [-0.25, -0.2) is 4.98 Å². The first-order valence-electron chi connectivity index (χ1n) is 3.33. The SMILES string of the molecule is C=CCc1cccnc1C#N. The molecule has 0 N–H and O–H groups in total. The minimum atomic E-state index is 0.493. The molecule has 0 bridgehead atoms. The summed E-state index contributed by atoms with van der Waals surface area (Å²) in [5.41, 5.74) is 1.43. The van der Waals surface area contributed by atoms with Gasteiger partial charge in [-0.05, 0) is 18.1 Å². The van der Waals surface area contributed by atoms with Gasteiger partial charge >= 0.3 is 0 Å². The minimum Gasteiger partial charge on any atom is -0.245 e. The van der Waals surface area contributed by atoms with E-state index >= 15 is 0 Å². The van der Waals surface area contributed by atoms with E-state index < -0.39 is 0 Å². The van der Waals surface area contributed by atoms with Crippen molar-refractivity contribution in [3.8, 4) is 6.07 Å². The average Bonchev–Trinajstić information content (AvgIpc) is 2.06. The lowest BCUT2D eigenvalue weighted by atomic mass is 10.1. The number of nitriles is 1. The Morgan fingerprint density at radius 2 is 2.55 bits per heavy atom. The Hall–Kier alpha value is -1.62. The number of rotatable bonds is 2. The van der Waals surface area contributed by atoms with Gasteiger partial charge in [0.25, 0.3) is 0 Å². The van der Waals surface area contributed by atoms with E-state index in [9.17, 15) is 0 Å². The van der Waals surface area contributed by atoms with E-state index in [2.05, 4.69) is 11.6 Å². The van der Waals surface area contributed by atoms with Crippen LogP contribution in [0.5, 0.6) is 0 Å². The molecule has 11 heavy (non-hydrogen) atoms. The van der Waals surface area contributed by atoms with Crippen LogP contribution < -0.4 is 0 Å². The fourth-order valence-electron chi connectivity index (χ4n) is 0.859. The topological polar surface area (TPSA) is 36.7 Å². The molecule has 0 amide bonds. The molecule has 0 saturated heterocycles. The summed E-state index contributed by atoms with van der Waals surface area (Å²) in [4.78, 5) is 3.91. The van der Waals surface area contributed by atoms with Gasteiger partial charge in [0.05, 0.1) is 0 Å². The standard InChI is InChI=1S/C9H8N2/c1-2-4-8-5-3-6-11-9(8)7-10/h2-3,5-6H,1,4H2. The summed E-state index contributed by atoms with van der Waals surface area (Å²) in [7, 11) is 0. The first-order chi connectivity index (χ1) is 5.38. The molecule has 0 unspecified atom stereocenters. The predicted octanol–water partition coefficient (Wildman–Crippen LogP) is 1.68. The van der Waals surface area contributed by atoms with E-state index in [1.54, 1.807) is 12.3 Å². The average molecular weight is 144 g/mol. The lowest BCUT2D eigenvalue weighted by Crippen LogP contribution is -1.90. The third-order valence-corrected chi connectivity index (χ3v) is 1.36. The number of aromatic nitrogens is 1. The minimum absolute atomic E-state index is 0.493. The summed E-state index contributed by atoms with van der Waals surface area (Å²) < 4.78 is 0. The van der Waals surface area contributed by atoms with Gasteiger partial charge in [-0.1, -0.05) is 12.1 Å². The highest BCUT2D eigenvalue weighted by Crippen LogP contribution is 2.04. The number of hydrogen-bond acceptors (Lipinski definition) is 2. The van der Waals surface area contributed by atoms with Gasteiger partial charge in [-0.2, -0.15) is 5.26 Å². The maximum atomic E-state index is 8.60.